The highest BCUT2D eigenvalue weighted by atomic mass is 35.5. The number of anilines is 1. The monoisotopic (exact) mass is 432 g/mol. The normalized spacial score (nSPS) is 11.2. The van der Waals surface area contributed by atoms with Crippen molar-refractivity contribution in [2.45, 2.75) is 13.8 Å². The highest BCUT2D eigenvalue weighted by molar-refractivity contribution is 7.22. The van der Waals surface area contributed by atoms with Crippen LogP contribution in [0.5, 0.6) is 0 Å². The first-order valence-corrected chi connectivity index (χ1v) is 10.5. The van der Waals surface area contributed by atoms with Crippen LogP contribution in [0.1, 0.15) is 24.2 Å². The van der Waals surface area contributed by atoms with Crippen molar-refractivity contribution in [3.63, 3.8) is 0 Å². The van der Waals surface area contributed by atoms with Gasteiger partial charge in [-0.15, -0.1) is 0 Å². The fourth-order valence-corrected chi connectivity index (χ4v) is 4.24. The molecular weight excluding hydrogens is 412 g/mol. The van der Waals surface area contributed by atoms with Crippen LogP contribution in [0.2, 0.25) is 5.02 Å². The van der Waals surface area contributed by atoms with Crippen molar-refractivity contribution < 1.29 is 9.72 Å². The van der Waals surface area contributed by atoms with E-state index in [0.717, 1.165) is 23.3 Å². The summed E-state index contributed by atoms with van der Waals surface area (Å²) >= 11 is 7.46. The van der Waals surface area contributed by atoms with Crippen LogP contribution in [0, 0.1) is 10.1 Å². The van der Waals surface area contributed by atoms with Crippen molar-refractivity contribution in [2.24, 2.45) is 0 Å². The Morgan fingerprint density at radius 2 is 1.93 bits per heavy atom. The number of benzene rings is 2. The lowest BCUT2D eigenvalue weighted by Crippen LogP contribution is -2.38. The van der Waals surface area contributed by atoms with E-state index in [2.05, 4.69) is 23.7 Å². The molecule has 0 bridgehead atoms. The summed E-state index contributed by atoms with van der Waals surface area (Å²) in [5, 5.41) is 12.3. The van der Waals surface area contributed by atoms with Crippen molar-refractivity contribution in [1.29, 1.82) is 0 Å². The number of aromatic nitrogens is 1. The number of fused-ring (bicyclic) bond motifs is 1. The smallest absolute Gasteiger partial charge is 0.270 e. The second kappa shape index (κ2) is 9.30. The summed E-state index contributed by atoms with van der Waals surface area (Å²) in [7, 11) is 0. The summed E-state index contributed by atoms with van der Waals surface area (Å²) in [6.07, 6.45) is 0. The quantitative estimate of drug-likeness (QED) is 0.375. The molecule has 1 heterocycles. The number of amides is 1. The first-order chi connectivity index (χ1) is 13.9. The van der Waals surface area contributed by atoms with Gasteiger partial charge >= 0.3 is 0 Å². The van der Waals surface area contributed by atoms with Crippen molar-refractivity contribution in [3.8, 4) is 0 Å². The molecule has 29 heavy (non-hydrogen) atoms. The predicted molar refractivity (Wildman–Crippen MR) is 117 cm³/mol. The van der Waals surface area contributed by atoms with Crippen LogP contribution in [0.15, 0.2) is 42.5 Å². The van der Waals surface area contributed by atoms with E-state index in [1.807, 2.05) is 12.1 Å². The second-order valence-corrected chi connectivity index (χ2v) is 7.85. The summed E-state index contributed by atoms with van der Waals surface area (Å²) in [6.45, 7) is 6.96. The highest BCUT2D eigenvalue weighted by Gasteiger charge is 2.23. The first-order valence-electron chi connectivity index (χ1n) is 9.27. The third-order valence-corrected chi connectivity index (χ3v) is 5.93. The fraction of sp³-hybridized carbons (Fsp3) is 0.300. The fourth-order valence-electron chi connectivity index (χ4n) is 2.98. The summed E-state index contributed by atoms with van der Waals surface area (Å²) in [5.74, 6) is -0.314. The van der Waals surface area contributed by atoms with Gasteiger partial charge in [0.1, 0.15) is 0 Å². The zero-order chi connectivity index (χ0) is 21.0. The average molecular weight is 433 g/mol. The summed E-state index contributed by atoms with van der Waals surface area (Å²) in [5.41, 5.74) is 0.903. The summed E-state index contributed by atoms with van der Waals surface area (Å²) < 4.78 is 0.882. The molecule has 9 heteroatoms. The van der Waals surface area contributed by atoms with Crippen molar-refractivity contribution in [3.05, 3.63) is 63.2 Å². The maximum absolute atomic E-state index is 13.3. The molecular formula is C20H21ClN4O3S. The SMILES string of the molecule is CCN(CC)CCN(C(=O)c1cccc([N+](=O)[O-])c1)c1nc2ccc(Cl)cc2s1. The minimum atomic E-state index is -0.503. The maximum Gasteiger partial charge on any atom is 0.270 e. The molecule has 0 atom stereocenters. The van der Waals surface area contributed by atoms with Gasteiger partial charge in [-0.2, -0.15) is 0 Å². The lowest BCUT2D eigenvalue weighted by Gasteiger charge is -2.24. The van der Waals surface area contributed by atoms with Crippen LogP contribution in [0.4, 0.5) is 10.8 Å². The number of rotatable bonds is 8. The van der Waals surface area contributed by atoms with E-state index in [1.165, 1.54) is 29.5 Å². The summed E-state index contributed by atoms with van der Waals surface area (Å²) in [6, 6.07) is 11.2. The van der Waals surface area contributed by atoms with Crippen LogP contribution >= 0.6 is 22.9 Å². The maximum atomic E-state index is 13.3. The van der Waals surface area contributed by atoms with E-state index in [-0.39, 0.29) is 17.2 Å². The van der Waals surface area contributed by atoms with Crippen LogP contribution in [-0.2, 0) is 0 Å². The van der Waals surface area contributed by atoms with Crippen LogP contribution < -0.4 is 4.90 Å². The van der Waals surface area contributed by atoms with Crippen LogP contribution in [0.3, 0.4) is 0 Å². The molecule has 7 nitrogen and oxygen atoms in total. The lowest BCUT2D eigenvalue weighted by molar-refractivity contribution is -0.384. The zero-order valence-electron chi connectivity index (χ0n) is 16.2. The van der Waals surface area contributed by atoms with Gasteiger partial charge < -0.3 is 4.90 Å². The first kappa shape index (κ1) is 21.2. The van der Waals surface area contributed by atoms with Gasteiger partial charge in [-0.25, -0.2) is 4.98 Å². The average Bonchev–Trinajstić information content (AvgIpc) is 3.13. The van der Waals surface area contributed by atoms with E-state index < -0.39 is 4.92 Å². The van der Waals surface area contributed by atoms with Crippen molar-refractivity contribution >= 4 is 49.9 Å². The number of nitro groups is 1. The van der Waals surface area contributed by atoms with Gasteiger partial charge in [-0.1, -0.05) is 42.9 Å². The number of nitro benzene ring substituents is 1. The van der Waals surface area contributed by atoms with Crippen molar-refractivity contribution in [2.75, 3.05) is 31.1 Å². The van der Waals surface area contributed by atoms with Gasteiger partial charge in [0.15, 0.2) is 5.13 Å². The molecule has 0 radical (unpaired) electrons. The molecule has 152 valence electrons. The number of thiazole rings is 1. The van der Waals surface area contributed by atoms with Crippen LogP contribution in [-0.4, -0.2) is 46.9 Å². The highest BCUT2D eigenvalue weighted by Crippen LogP contribution is 2.31. The van der Waals surface area contributed by atoms with E-state index in [1.54, 1.807) is 17.0 Å². The predicted octanol–water partition coefficient (Wildman–Crippen LogP) is 4.85. The molecule has 3 rings (SSSR count). The Labute approximate surface area is 177 Å². The third-order valence-electron chi connectivity index (χ3n) is 4.65. The van der Waals surface area contributed by atoms with Crippen molar-refractivity contribution in [1.82, 2.24) is 9.88 Å². The van der Waals surface area contributed by atoms with E-state index in [0.29, 0.717) is 23.2 Å². The number of hydrogen-bond donors (Lipinski definition) is 0. The largest absolute Gasteiger partial charge is 0.302 e. The minimum absolute atomic E-state index is 0.115. The number of carbonyl (C=O) groups is 1. The van der Waals surface area contributed by atoms with Gasteiger partial charge in [0.05, 0.1) is 15.1 Å². The molecule has 0 saturated carbocycles. The van der Waals surface area contributed by atoms with E-state index in [9.17, 15) is 14.9 Å². The number of hydrogen-bond acceptors (Lipinski definition) is 6. The number of likely N-dealkylation sites (N-methyl/N-ethyl adjacent to an activating group) is 1. The molecule has 0 unspecified atom stereocenters. The Kier molecular flexibility index (Phi) is 6.79. The molecule has 0 aliphatic carbocycles. The molecule has 0 fully saturated rings. The second-order valence-electron chi connectivity index (χ2n) is 6.40. The number of non-ortho nitro benzene ring substituents is 1. The Hall–Kier alpha value is -2.55. The molecule has 0 saturated heterocycles. The minimum Gasteiger partial charge on any atom is -0.302 e. The Morgan fingerprint density at radius 1 is 1.17 bits per heavy atom. The number of carbonyl (C=O) groups excluding carboxylic acids is 1. The molecule has 2 aromatic carbocycles. The Morgan fingerprint density at radius 3 is 2.62 bits per heavy atom. The van der Waals surface area contributed by atoms with Gasteiger partial charge in [0, 0.05) is 35.8 Å². The molecule has 1 amide bonds. The third kappa shape index (κ3) is 4.90. The Balaban J connectivity index is 1.98. The standard InChI is InChI=1S/C20H21ClN4O3S/c1-3-23(4-2)10-11-24(19(26)14-6-5-7-16(12-14)25(27)28)20-22-17-9-8-15(21)13-18(17)29-20/h5-9,12-13H,3-4,10-11H2,1-2H3. The topological polar surface area (TPSA) is 79.6 Å². The van der Waals surface area contributed by atoms with E-state index in [4.69, 9.17) is 11.6 Å². The number of nitrogens with zero attached hydrogens (tertiary/aromatic N) is 4. The molecule has 0 aliphatic heterocycles. The Bertz CT molecular complexity index is 1040. The molecule has 0 spiro atoms. The van der Waals surface area contributed by atoms with Gasteiger partial charge in [0.25, 0.3) is 11.6 Å². The zero-order valence-corrected chi connectivity index (χ0v) is 17.7. The molecule has 1 aromatic heterocycles. The lowest BCUT2D eigenvalue weighted by atomic mass is 10.2. The van der Waals surface area contributed by atoms with Gasteiger partial charge in [-0.05, 0) is 37.4 Å². The van der Waals surface area contributed by atoms with Gasteiger partial charge in [0.2, 0.25) is 0 Å². The summed E-state index contributed by atoms with van der Waals surface area (Å²) in [4.78, 5) is 32.3. The molecule has 0 N–H and O–H groups in total. The van der Waals surface area contributed by atoms with E-state index >= 15 is 0 Å². The number of halogens is 1. The van der Waals surface area contributed by atoms with Gasteiger partial charge in [-0.3, -0.25) is 19.8 Å². The van der Waals surface area contributed by atoms with Crippen LogP contribution in [0.25, 0.3) is 10.2 Å². The molecule has 0 aliphatic rings. The molecule has 3 aromatic rings.